The van der Waals surface area contributed by atoms with Gasteiger partial charge in [-0.1, -0.05) is 0 Å². The molecule has 0 aromatic carbocycles. The van der Waals surface area contributed by atoms with E-state index >= 15 is 0 Å². The molecular weight excluding hydrogens is 1850 g/mol. The van der Waals surface area contributed by atoms with Gasteiger partial charge in [0.05, 0.1) is 54.7 Å². The van der Waals surface area contributed by atoms with Crippen LogP contribution in [0.3, 0.4) is 0 Å². The molecule has 0 aliphatic rings. The summed E-state index contributed by atoms with van der Waals surface area (Å²) >= 11 is 0. The summed E-state index contributed by atoms with van der Waals surface area (Å²) in [6.07, 6.45) is -31.3. The van der Waals surface area contributed by atoms with Crippen LogP contribution in [0.15, 0.2) is 0 Å². The van der Waals surface area contributed by atoms with Gasteiger partial charge in [-0.15, -0.1) is 0 Å². The maximum absolute atomic E-state index is 12.3. The molecule has 0 saturated carbocycles. The van der Waals surface area contributed by atoms with Crippen molar-refractivity contribution in [2.75, 3.05) is 98.9 Å². The van der Waals surface area contributed by atoms with Gasteiger partial charge >= 0.3 is 0 Å². The maximum atomic E-state index is 12.3. The van der Waals surface area contributed by atoms with Crippen LogP contribution in [0.1, 0.15) is 233 Å². The van der Waals surface area contributed by atoms with Gasteiger partial charge in [-0.2, -0.15) is 0 Å². The van der Waals surface area contributed by atoms with Crippen molar-refractivity contribution in [2.45, 2.75) is 398 Å². The van der Waals surface area contributed by atoms with Crippen molar-refractivity contribution >= 4 is 52.8 Å². The number of aliphatic hydroxyl groups is 30. The second kappa shape index (κ2) is 84.7. The number of hydrogen-bond donors (Lipinski definition) is 36. The van der Waals surface area contributed by atoms with Crippen molar-refractivity contribution < 1.29 is 225 Å². The van der Waals surface area contributed by atoms with Crippen molar-refractivity contribution in [3.63, 3.8) is 0 Å². The molecule has 0 fully saturated rings. The van der Waals surface area contributed by atoms with Gasteiger partial charge in [0.1, 0.15) is 73.2 Å². The standard InChI is InChI=1S/3C29H56N2O15/c3*1-18(34)19(31-23(38)10-4-7-17-46-29(44)27(42)25(40)21(36)12-15-33)8-2-5-13-30-22(37)9-3-6-16-45-28(43)26(41)24(39)20(35)11-14-32/h3*19-21,24-29,32-33,35-36,39-44H,2-17H2,1H3,(H,30,37)(H,31,38)/t2*19-,20?,21?,24?,25?,26?,27?,28?,29?;/m10./s1. The zero-order chi connectivity index (χ0) is 105. The molecule has 0 aliphatic heterocycles. The van der Waals surface area contributed by atoms with E-state index in [1.807, 2.05) is 0 Å². The Balaban J connectivity index is -0.00000198. The van der Waals surface area contributed by atoms with E-state index in [2.05, 4.69) is 31.9 Å². The predicted molar refractivity (Wildman–Crippen MR) is 482 cm³/mol. The van der Waals surface area contributed by atoms with E-state index < -0.39 is 205 Å². The molecule has 25 unspecified atom stereocenters. The second-order valence-corrected chi connectivity index (χ2v) is 33.4. The van der Waals surface area contributed by atoms with E-state index in [1.165, 1.54) is 20.8 Å². The lowest BCUT2D eigenvalue weighted by atomic mass is 10.1. The number of ether oxygens (including phenoxy) is 6. The van der Waals surface area contributed by atoms with Crippen LogP contribution >= 0.6 is 0 Å². The lowest BCUT2D eigenvalue weighted by Crippen LogP contribution is -2.45. The third kappa shape index (κ3) is 67.1. The Morgan fingerprint density at radius 2 is 0.348 bits per heavy atom. The number of carbonyl (C=O) groups excluding carboxylic acids is 9. The van der Waals surface area contributed by atoms with E-state index in [0.29, 0.717) is 154 Å². The summed E-state index contributed by atoms with van der Waals surface area (Å²) < 4.78 is 30.2. The first kappa shape index (κ1) is 137. The summed E-state index contributed by atoms with van der Waals surface area (Å²) in [6, 6.07) is -2.05. The van der Waals surface area contributed by atoms with Crippen molar-refractivity contribution in [1.82, 2.24) is 31.9 Å². The second-order valence-electron chi connectivity index (χ2n) is 33.4. The Morgan fingerprint density at radius 1 is 0.196 bits per heavy atom. The van der Waals surface area contributed by atoms with Gasteiger partial charge in [0, 0.05) is 137 Å². The van der Waals surface area contributed by atoms with Crippen molar-refractivity contribution in [3.8, 4) is 0 Å². The Bertz CT molecular complexity index is 2780. The lowest BCUT2D eigenvalue weighted by molar-refractivity contribution is -0.203. The van der Waals surface area contributed by atoms with Crippen LogP contribution in [0.25, 0.3) is 0 Å². The number of nitrogens with one attached hydrogen (secondary N) is 6. The SMILES string of the molecule is CC(=O)C(CCCCNC(=O)CCCCOC(O)C(O)C(O)C(O)CCO)NC(=O)CCCCOC(O)C(O)C(O)C(O)CCO.CC(=O)[C@@H](CCCCNC(=O)CCCCOC(O)C(O)C(O)C(O)CCO)NC(=O)CCCCOC(O)C(O)C(O)C(O)CCO.CC(=O)[C@H](CCCCNC(=O)CCCCOC(O)C(O)C(O)C(O)CCO)NC(=O)CCCCOC(O)C(O)C(O)C(O)CCO. The Kier molecular flexibility index (Phi) is 83.8. The molecule has 0 aromatic heterocycles. The fourth-order valence-corrected chi connectivity index (χ4v) is 12.6. The first-order valence-corrected chi connectivity index (χ1v) is 47.2. The van der Waals surface area contributed by atoms with E-state index in [9.17, 15) is 166 Å². The molecule has 0 spiro atoms. The zero-order valence-corrected chi connectivity index (χ0v) is 79.6. The highest BCUT2D eigenvalue weighted by Crippen LogP contribution is 2.19. The molecule has 816 valence electrons. The fraction of sp³-hybridized carbons (Fsp3) is 0.897. The minimum absolute atomic E-state index is 0.00294. The predicted octanol–water partition coefficient (Wildman–Crippen LogP) is -11.1. The van der Waals surface area contributed by atoms with Crippen LogP contribution in [0, 0.1) is 0 Å². The Morgan fingerprint density at radius 3 is 0.493 bits per heavy atom. The fourth-order valence-electron chi connectivity index (χ4n) is 12.6. The van der Waals surface area contributed by atoms with Crippen LogP contribution in [0.5, 0.6) is 0 Å². The average molecular weight is 2020 g/mol. The highest BCUT2D eigenvalue weighted by molar-refractivity contribution is 5.88. The van der Waals surface area contributed by atoms with Gasteiger partial charge in [-0.05, 0) is 194 Å². The quantitative estimate of drug-likeness (QED) is 0.0199. The lowest BCUT2D eigenvalue weighted by Gasteiger charge is -2.26. The monoisotopic (exact) mass is 2020 g/mol. The normalized spacial score (nSPS) is 17.6. The van der Waals surface area contributed by atoms with E-state index in [1.54, 1.807) is 0 Å². The minimum Gasteiger partial charge on any atom is -0.396 e. The zero-order valence-electron chi connectivity index (χ0n) is 79.6. The summed E-state index contributed by atoms with van der Waals surface area (Å²) in [5.74, 6) is -2.31. The third-order valence-corrected chi connectivity index (χ3v) is 21.5. The summed E-state index contributed by atoms with van der Waals surface area (Å²) in [5, 5.41) is 302. The Hall–Kier alpha value is -5.61. The number of Topliss-reactive ketones (excluding diaryl/α,β-unsaturated/α-hetero) is 3. The van der Waals surface area contributed by atoms with Crippen LogP contribution < -0.4 is 31.9 Å². The average Bonchev–Trinajstić information content (AvgIpc) is 0.908. The smallest absolute Gasteiger partial charge is 0.220 e. The number of hydrogen-bond acceptors (Lipinski definition) is 45. The van der Waals surface area contributed by atoms with Crippen LogP contribution in [0.4, 0.5) is 0 Å². The van der Waals surface area contributed by atoms with Gasteiger partial charge in [0.15, 0.2) is 55.1 Å². The largest absolute Gasteiger partial charge is 0.396 e. The molecule has 0 saturated heterocycles. The summed E-state index contributed by atoms with van der Waals surface area (Å²) in [5.41, 5.74) is 0. The molecule has 0 heterocycles. The van der Waals surface area contributed by atoms with Gasteiger partial charge < -0.3 is 214 Å². The van der Waals surface area contributed by atoms with Crippen molar-refractivity contribution in [1.29, 1.82) is 0 Å². The number of amides is 6. The molecular formula is C87H168N6O45. The summed E-state index contributed by atoms with van der Waals surface area (Å²) in [6.45, 7) is 2.62. The maximum Gasteiger partial charge on any atom is 0.220 e. The third-order valence-electron chi connectivity index (χ3n) is 21.5. The van der Waals surface area contributed by atoms with Crippen molar-refractivity contribution in [3.05, 3.63) is 0 Å². The first-order chi connectivity index (χ1) is 65.3. The molecule has 138 heavy (non-hydrogen) atoms. The van der Waals surface area contributed by atoms with Crippen LogP contribution in [-0.4, -0.2) is 471 Å². The molecule has 51 nitrogen and oxygen atoms in total. The highest BCUT2D eigenvalue weighted by Gasteiger charge is 2.37. The van der Waals surface area contributed by atoms with Gasteiger partial charge in [0.2, 0.25) is 35.4 Å². The minimum atomic E-state index is -1.79. The van der Waals surface area contributed by atoms with E-state index in [-0.39, 0.29) is 169 Å². The van der Waals surface area contributed by atoms with Gasteiger partial charge in [-0.3, -0.25) is 43.2 Å². The topological polar surface area (TPSA) is 888 Å². The number of unbranched alkanes of at least 4 members (excludes halogenated alkanes) is 9. The summed E-state index contributed by atoms with van der Waals surface area (Å²) in [7, 11) is 0. The molecule has 0 radical (unpaired) electrons. The number of carbonyl (C=O) groups is 9. The molecule has 36 N–H and O–H groups in total. The molecule has 51 heteroatoms. The molecule has 0 rings (SSSR count). The summed E-state index contributed by atoms with van der Waals surface area (Å²) in [4.78, 5) is 109. The molecule has 6 amide bonds. The molecule has 0 aromatic rings. The van der Waals surface area contributed by atoms with Gasteiger partial charge in [-0.25, -0.2) is 0 Å². The van der Waals surface area contributed by atoms with E-state index in [4.69, 9.17) is 59.1 Å². The van der Waals surface area contributed by atoms with Crippen LogP contribution in [-0.2, 0) is 71.6 Å². The number of rotatable bonds is 87. The first-order valence-electron chi connectivity index (χ1n) is 47.2. The number of ketones is 3. The van der Waals surface area contributed by atoms with Crippen LogP contribution in [0.2, 0.25) is 0 Å². The highest BCUT2D eigenvalue weighted by atomic mass is 16.6. The molecule has 0 aliphatic carbocycles. The number of aliphatic hydroxyl groups excluding tert-OH is 30. The Labute approximate surface area is 803 Å². The molecule has 27 atom stereocenters. The van der Waals surface area contributed by atoms with Crippen molar-refractivity contribution in [2.24, 2.45) is 0 Å². The van der Waals surface area contributed by atoms with Gasteiger partial charge in [0.25, 0.3) is 0 Å². The van der Waals surface area contributed by atoms with E-state index in [0.717, 1.165) is 0 Å². The molecule has 0 bridgehead atoms.